The summed E-state index contributed by atoms with van der Waals surface area (Å²) in [6, 6.07) is 12.0. The molecule has 0 aromatic heterocycles. The van der Waals surface area contributed by atoms with Gasteiger partial charge in [-0.2, -0.15) is 0 Å². The number of esters is 1. The van der Waals surface area contributed by atoms with E-state index >= 15 is 0 Å². The molecule has 0 N–H and O–H groups in total. The summed E-state index contributed by atoms with van der Waals surface area (Å²) in [7, 11) is 1.30. The number of non-ortho nitro benzene ring substituents is 1. The van der Waals surface area contributed by atoms with Crippen LogP contribution in [-0.2, 0) is 4.74 Å². The zero-order valence-corrected chi connectivity index (χ0v) is 12.3. The summed E-state index contributed by atoms with van der Waals surface area (Å²) in [6.45, 7) is 0. The number of nitro benzene ring substituents is 1. The molecule has 6 heteroatoms. The minimum atomic E-state index is -0.550. The topological polar surface area (TPSA) is 86.5 Å². The second-order valence-electron chi connectivity index (χ2n) is 4.62. The van der Waals surface area contributed by atoms with E-state index in [-0.39, 0.29) is 17.0 Å². The van der Waals surface area contributed by atoms with Gasteiger partial charge in [0.15, 0.2) is 5.78 Å². The largest absolute Gasteiger partial charge is 0.465 e. The van der Waals surface area contributed by atoms with Crippen molar-refractivity contribution in [2.24, 2.45) is 0 Å². The van der Waals surface area contributed by atoms with Gasteiger partial charge in [-0.3, -0.25) is 14.9 Å². The second-order valence-corrected chi connectivity index (χ2v) is 4.62. The quantitative estimate of drug-likeness (QED) is 0.278. The van der Waals surface area contributed by atoms with Crippen LogP contribution in [0.15, 0.2) is 54.6 Å². The van der Waals surface area contributed by atoms with Crippen LogP contribution in [0.25, 0.3) is 6.08 Å². The molecule has 0 saturated heterocycles. The molecule has 0 radical (unpaired) electrons. The third-order valence-corrected chi connectivity index (χ3v) is 3.10. The van der Waals surface area contributed by atoms with Crippen molar-refractivity contribution in [3.05, 3.63) is 81.4 Å². The SMILES string of the molecule is COC(=O)c1ccc(C=CC(=O)c2cccc([N+](=O)[O-])c2)cc1. The van der Waals surface area contributed by atoms with Gasteiger partial charge < -0.3 is 4.74 Å². The van der Waals surface area contributed by atoms with Gasteiger partial charge in [0.2, 0.25) is 0 Å². The lowest BCUT2D eigenvalue weighted by atomic mass is 10.1. The van der Waals surface area contributed by atoms with E-state index in [0.717, 1.165) is 5.56 Å². The van der Waals surface area contributed by atoms with Gasteiger partial charge in [0.25, 0.3) is 5.69 Å². The molecule has 116 valence electrons. The van der Waals surface area contributed by atoms with E-state index in [1.54, 1.807) is 30.3 Å². The molecule has 0 amide bonds. The van der Waals surface area contributed by atoms with Gasteiger partial charge in [-0.15, -0.1) is 0 Å². The third-order valence-electron chi connectivity index (χ3n) is 3.10. The van der Waals surface area contributed by atoms with E-state index in [0.29, 0.717) is 5.56 Å². The molecule has 0 aliphatic rings. The first-order chi connectivity index (χ1) is 11.0. The van der Waals surface area contributed by atoms with Crippen molar-refractivity contribution in [2.45, 2.75) is 0 Å². The van der Waals surface area contributed by atoms with Crippen LogP contribution in [-0.4, -0.2) is 23.8 Å². The number of allylic oxidation sites excluding steroid dienone is 1. The number of methoxy groups -OCH3 is 1. The van der Waals surface area contributed by atoms with Gasteiger partial charge in [0.1, 0.15) is 0 Å². The monoisotopic (exact) mass is 311 g/mol. The molecule has 0 spiro atoms. The van der Waals surface area contributed by atoms with Crippen LogP contribution in [0.5, 0.6) is 0 Å². The minimum absolute atomic E-state index is 0.133. The highest BCUT2D eigenvalue weighted by Crippen LogP contribution is 2.14. The molecule has 2 aromatic rings. The van der Waals surface area contributed by atoms with Crippen molar-refractivity contribution in [2.75, 3.05) is 7.11 Å². The van der Waals surface area contributed by atoms with Crippen molar-refractivity contribution in [1.29, 1.82) is 0 Å². The van der Waals surface area contributed by atoms with Crippen LogP contribution in [0, 0.1) is 10.1 Å². The number of carbonyl (C=O) groups is 2. The highest BCUT2D eigenvalue weighted by Gasteiger charge is 2.09. The molecule has 6 nitrogen and oxygen atoms in total. The Labute approximate surface area is 132 Å². The van der Waals surface area contributed by atoms with E-state index in [9.17, 15) is 19.7 Å². The number of nitro groups is 1. The van der Waals surface area contributed by atoms with Crippen molar-refractivity contribution in [3.63, 3.8) is 0 Å². The van der Waals surface area contributed by atoms with Crippen LogP contribution in [0.4, 0.5) is 5.69 Å². The van der Waals surface area contributed by atoms with Gasteiger partial charge in [0.05, 0.1) is 17.6 Å². The predicted molar refractivity (Wildman–Crippen MR) is 84.2 cm³/mol. The Kier molecular flexibility index (Phi) is 4.99. The fraction of sp³-hybridized carbons (Fsp3) is 0.0588. The molecule has 0 atom stereocenters. The van der Waals surface area contributed by atoms with Crippen LogP contribution in [0.2, 0.25) is 0 Å². The Hall–Kier alpha value is -3.28. The van der Waals surface area contributed by atoms with Crippen molar-refractivity contribution in [3.8, 4) is 0 Å². The first-order valence-corrected chi connectivity index (χ1v) is 6.66. The van der Waals surface area contributed by atoms with Crippen LogP contribution >= 0.6 is 0 Å². The number of nitrogens with zero attached hydrogens (tertiary/aromatic N) is 1. The highest BCUT2D eigenvalue weighted by molar-refractivity contribution is 6.07. The number of carbonyl (C=O) groups excluding carboxylic acids is 2. The number of ether oxygens (including phenoxy) is 1. The third kappa shape index (κ3) is 4.10. The summed E-state index contributed by atoms with van der Waals surface area (Å²) in [5.74, 6) is -0.779. The highest BCUT2D eigenvalue weighted by atomic mass is 16.6. The van der Waals surface area contributed by atoms with E-state index in [1.807, 2.05) is 0 Å². The standard InChI is InChI=1S/C17H13NO5/c1-23-17(20)13-8-5-12(6-9-13)7-10-16(19)14-3-2-4-15(11-14)18(21)22/h2-11H,1H3. The molecule has 0 bridgehead atoms. The van der Waals surface area contributed by atoms with E-state index in [1.165, 1.54) is 37.5 Å². The fourth-order valence-electron chi connectivity index (χ4n) is 1.89. The molecule has 0 fully saturated rings. The number of ketones is 1. The molecule has 0 saturated carbocycles. The molecule has 2 rings (SSSR count). The zero-order valence-electron chi connectivity index (χ0n) is 12.3. The van der Waals surface area contributed by atoms with Gasteiger partial charge in [-0.25, -0.2) is 4.79 Å². The van der Waals surface area contributed by atoms with Crippen LogP contribution in [0.1, 0.15) is 26.3 Å². The summed E-state index contributed by atoms with van der Waals surface area (Å²) in [6.07, 6.45) is 2.90. The van der Waals surface area contributed by atoms with E-state index < -0.39 is 10.9 Å². The second kappa shape index (κ2) is 7.13. The molecule has 0 heterocycles. The van der Waals surface area contributed by atoms with Gasteiger partial charge in [-0.05, 0) is 23.8 Å². The molecule has 0 aliphatic heterocycles. The van der Waals surface area contributed by atoms with E-state index in [4.69, 9.17) is 0 Å². The normalized spacial score (nSPS) is 10.5. The van der Waals surface area contributed by atoms with Gasteiger partial charge >= 0.3 is 5.97 Å². The summed E-state index contributed by atoms with van der Waals surface area (Å²) in [5, 5.41) is 10.7. The lowest BCUT2D eigenvalue weighted by molar-refractivity contribution is -0.384. The maximum absolute atomic E-state index is 12.0. The first-order valence-electron chi connectivity index (χ1n) is 6.66. The smallest absolute Gasteiger partial charge is 0.337 e. The fourth-order valence-corrected chi connectivity index (χ4v) is 1.89. The Balaban J connectivity index is 2.13. The Bertz CT molecular complexity index is 778. The van der Waals surface area contributed by atoms with Crippen molar-refractivity contribution >= 4 is 23.5 Å². The van der Waals surface area contributed by atoms with Gasteiger partial charge in [-0.1, -0.05) is 30.3 Å². The minimum Gasteiger partial charge on any atom is -0.465 e. The first kappa shape index (κ1) is 16.1. The lowest BCUT2D eigenvalue weighted by Crippen LogP contribution is -2.00. The molecular weight excluding hydrogens is 298 g/mol. The molecule has 2 aromatic carbocycles. The number of benzene rings is 2. The number of hydrogen-bond donors (Lipinski definition) is 0. The predicted octanol–water partition coefficient (Wildman–Crippen LogP) is 3.28. The number of hydrogen-bond acceptors (Lipinski definition) is 5. The maximum atomic E-state index is 12.0. The average Bonchev–Trinajstić information content (AvgIpc) is 2.59. The Morgan fingerprint density at radius 1 is 1.09 bits per heavy atom. The van der Waals surface area contributed by atoms with E-state index in [2.05, 4.69) is 4.74 Å². The number of rotatable bonds is 5. The molecular formula is C17H13NO5. The zero-order chi connectivity index (χ0) is 16.8. The van der Waals surface area contributed by atoms with Crippen LogP contribution < -0.4 is 0 Å². The van der Waals surface area contributed by atoms with Crippen molar-refractivity contribution in [1.82, 2.24) is 0 Å². The van der Waals surface area contributed by atoms with Crippen molar-refractivity contribution < 1.29 is 19.2 Å². The van der Waals surface area contributed by atoms with Gasteiger partial charge in [0, 0.05) is 17.7 Å². The Morgan fingerprint density at radius 2 is 1.78 bits per heavy atom. The summed E-state index contributed by atoms with van der Waals surface area (Å²) in [4.78, 5) is 33.5. The molecule has 23 heavy (non-hydrogen) atoms. The summed E-state index contributed by atoms with van der Waals surface area (Å²) < 4.78 is 4.60. The molecule has 0 aliphatic carbocycles. The molecule has 0 unspecified atom stereocenters. The van der Waals surface area contributed by atoms with Crippen LogP contribution in [0.3, 0.4) is 0 Å². The lowest BCUT2D eigenvalue weighted by Gasteiger charge is -1.99. The summed E-state index contributed by atoms with van der Waals surface area (Å²) in [5.41, 5.74) is 1.24. The maximum Gasteiger partial charge on any atom is 0.337 e. The summed E-state index contributed by atoms with van der Waals surface area (Å²) >= 11 is 0. The Morgan fingerprint density at radius 3 is 2.39 bits per heavy atom. The average molecular weight is 311 g/mol.